The van der Waals surface area contributed by atoms with E-state index in [1.807, 2.05) is 0 Å². The van der Waals surface area contributed by atoms with Crippen molar-refractivity contribution in [2.45, 2.75) is 51.6 Å². The SMILES string of the molecule is CCCCN(CCC1CCCC1O)c1ccccc1. The first-order chi connectivity index (χ1) is 9.31. The highest BCUT2D eigenvalue weighted by atomic mass is 16.3. The summed E-state index contributed by atoms with van der Waals surface area (Å²) in [6, 6.07) is 10.7. The molecule has 0 amide bonds. The number of para-hydroxylation sites is 1. The summed E-state index contributed by atoms with van der Waals surface area (Å²) in [6.07, 6.45) is 6.95. The monoisotopic (exact) mass is 261 g/mol. The van der Waals surface area contributed by atoms with E-state index >= 15 is 0 Å². The van der Waals surface area contributed by atoms with Gasteiger partial charge in [0.05, 0.1) is 6.10 Å². The minimum absolute atomic E-state index is 0.0520. The Morgan fingerprint density at radius 1 is 1.16 bits per heavy atom. The average Bonchev–Trinajstić information content (AvgIpc) is 2.85. The van der Waals surface area contributed by atoms with E-state index in [-0.39, 0.29) is 6.10 Å². The van der Waals surface area contributed by atoms with Crippen molar-refractivity contribution in [2.75, 3.05) is 18.0 Å². The van der Waals surface area contributed by atoms with Gasteiger partial charge in [0.1, 0.15) is 0 Å². The van der Waals surface area contributed by atoms with Crippen molar-refractivity contribution in [2.24, 2.45) is 5.92 Å². The molecule has 2 heteroatoms. The summed E-state index contributed by atoms with van der Waals surface area (Å²) >= 11 is 0. The van der Waals surface area contributed by atoms with Crippen LogP contribution < -0.4 is 4.90 Å². The molecule has 1 saturated carbocycles. The van der Waals surface area contributed by atoms with E-state index in [4.69, 9.17) is 0 Å². The molecule has 1 aromatic rings. The van der Waals surface area contributed by atoms with Crippen molar-refractivity contribution in [1.82, 2.24) is 0 Å². The molecule has 2 nitrogen and oxygen atoms in total. The molecular formula is C17H27NO. The summed E-state index contributed by atoms with van der Waals surface area (Å²) in [5.41, 5.74) is 1.32. The number of unbranched alkanes of at least 4 members (excludes halogenated alkanes) is 1. The maximum absolute atomic E-state index is 9.93. The molecule has 1 aliphatic rings. The van der Waals surface area contributed by atoms with Gasteiger partial charge in [-0.05, 0) is 43.7 Å². The van der Waals surface area contributed by atoms with Gasteiger partial charge in [0.25, 0.3) is 0 Å². The highest BCUT2D eigenvalue weighted by Gasteiger charge is 2.25. The van der Waals surface area contributed by atoms with Gasteiger partial charge >= 0.3 is 0 Å². The lowest BCUT2D eigenvalue weighted by Gasteiger charge is -2.27. The minimum atomic E-state index is -0.0520. The lowest BCUT2D eigenvalue weighted by atomic mass is 10.0. The predicted molar refractivity (Wildman–Crippen MR) is 81.5 cm³/mol. The fraction of sp³-hybridized carbons (Fsp3) is 0.647. The van der Waals surface area contributed by atoms with E-state index in [1.165, 1.54) is 31.4 Å². The molecule has 2 unspecified atom stereocenters. The largest absolute Gasteiger partial charge is 0.393 e. The molecule has 0 radical (unpaired) electrons. The molecule has 1 N–H and O–H groups in total. The fourth-order valence-corrected chi connectivity index (χ4v) is 3.03. The summed E-state index contributed by atoms with van der Waals surface area (Å²) in [5, 5.41) is 9.93. The maximum Gasteiger partial charge on any atom is 0.0569 e. The van der Waals surface area contributed by atoms with Gasteiger partial charge < -0.3 is 10.0 Å². The molecule has 0 aromatic heterocycles. The highest BCUT2D eigenvalue weighted by molar-refractivity contribution is 5.45. The second kappa shape index (κ2) is 7.54. The van der Waals surface area contributed by atoms with Gasteiger partial charge in [0, 0.05) is 18.8 Å². The van der Waals surface area contributed by atoms with Crippen LogP contribution in [0.4, 0.5) is 5.69 Å². The number of hydrogen-bond acceptors (Lipinski definition) is 2. The van der Waals surface area contributed by atoms with Crippen LogP contribution in [0.1, 0.15) is 45.4 Å². The van der Waals surface area contributed by atoms with E-state index in [0.717, 1.165) is 25.9 Å². The molecule has 2 atom stereocenters. The summed E-state index contributed by atoms with van der Waals surface area (Å²) in [5.74, 6) is 0.521. The molecule has 1 aromatic carbocycles. The molecule has 0 spiro atoms. The van der Waals surface area contributed by atoms with E-state index in [9.17, 15) is 5.11 Å². The standard InChI is InChI=1S/C17H27NO/c1-2-3-13-18(16-9-5-4-6-10-16)14-12-15-8-7-11-17(15)19/h4-6,9-10,15,17,19H,2-3,7-8,11-14H2,1H3. The van der Waals surface area contributed by atoms with Gasteiger partial charge in [-0.25, -0.2) is 0 Å². The quantitative estimate of drug-likeness (QED) is 0.806. The predicted octanol–water partition coefficient (Wildman–Crippen LogP) is 3.84. The molecule has 0 aliphatic heterocycles. The average molecular weight is 261 g/mol. The second-order valence-electron chi connectivity index (χ2n) is 5.72. The van der Waals surface area contributed by atoms with Crippen molar-refractivity contribution < 1.29 is 5.11 Å². The van der Waals surface area contributed by atoms with Crippen LogP contribution in [0.3, 0.4) is 0 Å². The van der Waals surface area contributed by atoms with E-state index in [0.29, 0.717) is 5.92 Å². The van der Waals surface area contributed by atoms with Crippen molar-refractivity contribution >= 4 is 5.69 Å². The Morgan fingerprint density at radius 3 is 2.58 bits per heavy atom. The van der Waals surface area contributed by atoms with Crippen molar-refractivity contribution in [3.63, 3.8) is 0 Å². The summed E-state index contributed by atoms with van der Waals surface area (Å²) in [7, 11) is 0. The first-order valence-corrected chi connectivity index (χ1v) is 7.79. The molecule has 2 rings (SSSR count). The molecule has 0 heterocycles. The van der Waals surface area contributed by atoms with Crippen LogP contribution in [-0.4, -0.2) is 24.3 Å². The maximum atomic E-state index is 9.93. The number of aliphatic hydroxyl groups excluding tert-OH is 1. The second-order valence-corrected chi connectivity index (χ2v) is 5.72. The molecule has 19 heavy (non-hydrogen) atoms. The number of nitrogens with zero attached hydrogens (tertiary/aromatic N) is 1. The van der Waals surface area contributed by atoms with Gasteiger partial charge in [-0.1, -0.05) is 38.0 Å². The van der Waals surface area contributed by atoms with Crippen LogP contribution in [0.5, 0.6) is 0 Å². The number of anilines is 1. The third kappa shape index (κ3) is 4.24. The Morgan fingerprint density at radius 2 is 1.95 bits per heavy atom. The molecule has 1 aliphatic carbocycles. The normalized spacial score (nSPS) is 22.6. The van der Waals surface area contributed by atoms with E-state index in [1.54, 1.807) is 0 Å². The number of hydrogen-bond donors (Lipinski definition) is 1. The zero-order valence-electron chi connectivity index (χ0n) is 12.1. The van der Waals surface area contributed by atoms with Crippen LogP contribution in [-0.2, 0) is 0 Å². The fourth-order valence-electron chi connectivity index (χ4n) is 3.03. The Balaban J connectivity index is 1.90. The smallest absolute Gasteiger partial charge is 0.0569 e. The van der Waals surface area contributed by atoms with E-state index in [2.05, 4.69) is 42.2 Å². The Bertz CT molecular complexity index is 352. The summed E-state index contributed by atoms with van der Waals surface area (Å²) < 4.78 is 0. The zero-order valence-corrected chi connectivity index (χ0v) is 12.1. The van der Waals surface area contributed by atoms with Crippen LogP contribution >= 0.6 is 0 Å². The topological polar surface area (TPSA) is 23.5 Å². The third-order valence-electron chi connectivity index (χ3n) is 4.29. The third-order valence-corrected chi connectivity index (χ3v) is 4.29. The zero-order chi connectivity index (χ0) is 13.5. The number of aliphatic hydroxyl groups is 1. The van der Waals surface area contributed by atoms with Gasteiger partial charge in [0.2, 0.25) is 0 Å². The lowest BCUT2D eigenvalue weighted by Crippen LogP contribution is -2.28. The Hall–Kier alpha value is -1.02. The molecule has 0 bridgehead atoms. The van der Waals surface area contributed by atoms with Gasteiger partial charge in [-0.2, -0.15) is 0 Å². The molecule has 106 valence electrons. The van der Waals surface area contributed by atoms with Gasteiger partial charge in [-0.15, -0.1) is 0 Å². The summed E-state index contributed by atoms with van der Waals surface area (Å²) in [6.45, 7) is 4.44. The van der Waals surface area contributed by atoms with E-state index < -0.39 is 0 Å². The van der Waals surface area contributed by atoms with Crippen molar-refractivity contribution in [3.8, 4) is 0 Å². The summed E-state index contributed by atoms with van der Waals surface area (Å²) in [4.78, 5) is 2.48. The number of benzene rings is 1. The minimum Gasteiger partial charge on any atom is -0.393 e. The van der Waals surface area contributed by atoms with Gasteiger partial charge in [-0.3, -0.25) is 0 Å². The van der Waals surface area contributed by atoms with Crippen LogP contribution in [0, 0.1) is 5.92 Å². The van der Waals surface area contributed by atoms with Crippen LogP contribution in [0.2, 0.25) is 0 Å². The lowest BCUT2D eigenvalue weighted by molar-refractivity contribution is 0.129. The molecular weight excluding hydrogens is 234 g/mol. The first kappa shape index (κ1) is 14.4. The Labute approximate surface area is 117 Å². The Kier molecular flexibility index (Phi) is 5.71. The van der Waals surface area contributed by atoms with Crippen LogP contribution in [0.25, 0.3) is 0 Å². The molecule has 1 fully saturated rings. The van der Waals surface area contributed by atoms with Gasteiger partial charge in [0.15, 0.2) is 0 Å². The van der Waals surface area contributed by atoms with Crippen molar-refractivity contribution in [1.29, 1.82) is 0 Å². The molecule has 0 saturated heterocycles. The van der Waals surface area contributed by atoms with Crippen molar-refractivity contribution in [3.05, 3.63) is 30.3 Å². The highest BCUT2D eigenvalue weighted by Crippen LogP contribution is 2.29. The van der Waals surface area contributed by atoms with Crippen LogP contribution in [0.15, 0.2) is 30.3 Å². The first-order valence-electron chi connectivity index (χ1n) is 7.79. The number of rotatable bonds is 7.